The quantitative estimate of drug-likeness (QED) is 0.545. The molecule has 0 atom stereocenters. The molecule has 0 aliphatic carbocycles. The average molecular weight is 358 g/mol. The molecule has 26 heavy (non-hydrogen) atoms. The molecule has 0 aliphatic rings. The molecule has 2 aromatic carbocycles. The summed E-state index contributed by atoms with van der Waals surface area (Å²) in [5, 5.41) is 37.8. The average Bonchev–Trinajstić information content (AvgIpc) is 2.57. The van der Waals surface area contributed by atoms with Gasteiger partial charge in [-0.15, -0.1) is 0 Å². The van der Waals surface area contributed by atoms with Crippen molar-refractivity contribution in [2.75, 3.05) is 0 Å². The minimum absolute atomic E-state index is 0.0185. The van der Waals surface area contributed by atoms with E-state index in [1.807, 2.05) is 0 Å². The topological polar surface area (TPSA) is 115 Å². The van der Waals surface area contributed by atoms with E-state index in [0.717, 1.165) is 11.1 Å². The predicted molar refractivity (Wildman–Crippen MR) is 96.4 cm³/mol. The highest BCUT2D eigenvalue weighted by Gasteiger charge is 2.12. The maximum Gasteiger partial charge on any atom is 0.303 e. The van der Waals surface area contributed by atoms with Gasteiger partial charge in [-0.1, -0.05) is 12.1 Å². The van der Waals surface area contributed by atoms with E-state index in [1.54, 1.807) is 24.3 Å². The van der Waals surface area contributed by atoms with Crippen LogP contribution in [0, 0.1) is 0 Å². The van der Waals surface area contributed by atoms with Gasteiger partial charge < -0.3 is 20.4 Å². The number of aliphatic carboxylic acids is 2. The summed E-state index contributed by atoms with van der Waals surface area (Å²) in [4.78, 5) is 21.3. The lowest BCUT2D eigenvalue weighted by Crippen LogP contribution is -1.97. The lowest BCUT2D eigenvalue weighted by molar-refractivity contribution is -0.138. The van der Waals surface area contributed by atoms with E-state index < -0.39 is 11.9 Å². The monoisotopic (exact) mass is 358 g/mol. The molecule has 6 nitrogen and oxygen atoms in total. The summed E-state index contributed by atoms with van der Waals surface area (Å²) in [5.74, 6) is -1.67. The standard InChI is InChI=1S/C20H22O6/c21-17-9-7-13(3-1-5-19(23)24)11-15(17)16-12-14(8-10-18(16)22)4-2-6-20(25)26/h7-12,21-22H,1-6H2,(H,23,24)(H,25,26). The molecular formula is C20H22O6. The molecule has 138 valence electrons. The van der Waals surface area contributed by atoms with Crippen LogP contribution in [-0.2, 0) is 22.4 Å². The van der Waals surface area contributed by atoms with E-state index in [2.05, 4.69) is 0 Å². The lowest BCUT2D eigenvalue weighted by Gasteiger charge is -2.11. The molecule has 0 amide bonds. The fourth-order valence-corrected chi connectivity index (χ4v) is 2.80. The van der Waals surface area contributed by atoms with Crippen molar-refractivity contribution in [2.24, 2.45) is 0 Å². The van der Waals surface area contributed by atoms with E-state index in [0.29, 0.717) is 36.8 Å². The molecule has 0 aliphatic heterocycles. The third-order valence-corrected chi connectivity index (χ3v) is 4.12. The molecule has 0 spiro atoms. The molecule has 2 aromatic rings. The number of carboxylic acid groups (broad SMARTS) is 2. The van der Waals surface area contributed by atoms with Crippen LogP contribution in [0.25, 0.3) is 11.1 Å². The van der Waals surface area contributed by atoms with Gasteiger partial charge in [-0.25, -0.2) is 0 Å². The molecular weight excluding hydrogens is 336 g/mol. The number of hydrogen-bond donors (Lipinski definition) is 4. The first kappa shape index (κ1) is 19.3. The first-order chi connectivity index (χ1) is 12.4. The van der Waals surface area contributed by atoms with Crippen molar-refractivity contribution < 1.29 is 30.0 Å². The number of rotatable bonds is 9. The number of phenolic OH excluding ortho intramolecular Hbond substituents is 2. The molecule has 0 radical (unpaired) electrons. The Balaban J connectivity index is 2.22. The van der Waals surface area contributed by atoms with Crippen LogP contribution < -0.4 is 0 Å². The fraction of sp³-hybridized carbons (Fsp3) is 0.300. The van der Waals surface area contributed by atoms with Gasteiger partial charge in [0, 0.05) is 24.0 Å². The summed E-state index contributed by atoms with van der Waals surface area (Å²) in [7, 11) is 0. The van der Waals surface area contributed by atoms with Crippen molar-refractivity contribution in [3.05, 3.63) is 47.5 Å². The van der Waals surface area contributed by atoms with Crippen molar-refractivity contribution in [1.82, 2.24) is 0 Å². The molecule has 4 N–H and O–H groups in total. The van der Waals surface area contributed by atoms with E-state index in [4.69, 9.17) is 10.2 Å². The Morgan fingerprint density at radius 1 is 0.692 bits per heavy atom. The van der Waals surface area contributed by atoms with Crippen LogP contribution >= 0.6 is 0 Å². The van der Waals surface area contributed by atoms with Crippen molar-refractivity contribution in [1.29, 1.82) is 0 Å². The summed E-state index contributed by atoms with van der Waals surface area (Å²) in [5.41, 5.74) is 2.68. The highest BCUT2D eigenvalue weighted by atomic mass is 16.4. The Hall–Kier alpha value is -3.02. The molecule has 0 unspecified atom stereocenters. The molecule has 2 rings (SSSR count). The van der Waals surface area contributed by atoms with Crippen molar-refractivity contribution >= 4 is 11.9 Å². The van der Waals surface area contributed by atoms with Gasteiger partial charge in [0.1, 0.15) is 11.5 Å². The highest BCUT2D eigenvalue weighted by molar-refractivity contribution is 5.76. The third-order valence-electron chi connectivity index (χ3n) is 4.12. The third kappa shape index (κ3) is 5.51. The Morgan fingerprint density at radius 3 is 1.42 bits per heavy atom. The van der Waals surface area contributed by atoms with Gasteiger partial charge in [-0.05, 0) is 61.1 Å². The second kappa shape index (κ2) is 8.89. The maximum absolute atomic E-state index is 10.6. The molecule has 0 saturated carbocycles. The Morgan fingerprint density at radius 2 is 1.08 bits per heavy atom. The van der Waals surface area contributed by atoms with Gasteiger partial charge in [-0.2, -0.15) is 0 Å². The van der Waals surface area contributed by atoms with E-state index >= 15 is 0 Å². The molecule has 0 aromatic heterocycles. The number of aryl methyl sites for hydroxylation is 2. The van der Waals surface area contributed by atoms with Crippen LogP contribution in [-0.4, -0.2) is 32.4 Å². The number of carboxylic acids is 2. The van der Waals surface area contributed by atoms with Crippen LogP contribution in [0.4, 0.5) is 0 Å². The number of benzene rings is 2. The molecule has 0 heterocycles. The SMILES string of the molecule is O=C(O)CCCc1ccc(O)c(-c2cc(CCCC(=O)O)ccc2O)c1. The van der Waals surface area contributed by atoms with Crippen LogP contribution in [0.2, 0.25) is 0 Å². The Bertz CT molecular complexity index is 729. The van der Waals surface area contributed by atoms with Crippen LogP contribution in [0.5, 0.6) is 11.5 Å². The van der Waals surface area contributed by atoms with E-state index in [1.165, 1.54) is 12.1 Å². The second-order valence-electron chi connectivity index (χ2n) is 6.20. The van der Waals surface area contributed by atoms with Gasteiger partial charge in [0.05, 0.1) is 0 Å². The zero-order valence-electron chi connectivity index (χ0n) is 14.3. The van der Waals surface area contributed by atoms with Crippen LogP contribution in [0.1, 0.15) is 36.8 Å². The molecule has 6 heteroatoms. The summed E-state index contributed by atoms with van der Waals surface area (Å²) in [6.07, 6.45) is 2.22. The van der Waals surface area contributed by atoms with Gasteiger partial charge in [-0.3, -0.25) is 9.59 Å². The molecule has 0 fully saturated rings. The van der Waals surface area contributed by atoms with Gasteiger partial charge >= 0.3 is 11.9 Å². The maximum atomic E-state index is 10.6. The van der Waals surface area contributed by atoms with Crippen LogP contribution in [0.3, 0.4) is 0 Å². The van der Waals surface area contributed by atoms with Crippen molar-refractivity contribution in [3.63, 3.8) is 0 Å². The van der Waals surface area contributed by atoms with Crippen LogP contribution in [0.15, 0.2) is 36.4 Å². The van der Waals surface area contributed by atoms with Gasteiger partial charge in [0.15, 0.2) is 0 Å². The normalized spacial score (nSPS) is 10.6. The summed E-state index contributed by atoms with van der Waals surface area (Å²) < 4.78 is 0. The Labute approximate surface area is 151 Å². The van der Waals surface area contributed by atoms with E-state index in [9.17, 15) is 19.8 Å². The van der Waals surface area contributed by atoms with Crippen molar-refractivity contribution in [3.8, 4) is 22.6 Å². The smallest absolute Gasteiger partial charge is 0.303 e. The second-order valence-corrected chi connectivity index (χ2v) is 6.20. The summed E-state index contributed by atoms with van der Waals surface area (Å²) in [6, 6.07) is 10.0. The minimum atomic E-state index is -0.851. The highest BCUT2D eigenvalue weighted by Crippen LogP contribution is 2.37. The lowest BCUT2D eigenvalue weighted by atomic mass is 9.96. The first-order valence-corrected chi connectivity index (χ1v) is 8.44. The number of aromatic hydroxyl groups is 2. The number of phenols is 2. The van der Waals surface area contributed by atoms with Crippen molar-refractivity contribution in [2.45, 2.75) is 38.5 Å². The summed E-state index contributed by atoms with van der Waals surface area (Å²) >= 11 is 0. The van der Waals surface area contributed by atoms with Gasteiger partial charge in [0.2, 0.25) is 0 Å². The predicted octanol–water partition coefficient (Wildman–Crippen LogP) is 3.58. The zero-order valence-corrected chi connectivity index (χ0v) is 14.3. The minimum Gasteiger partial charge on any atom is -0.507 e. The Kier molecular flexibility index (Phi) is 6.60. The molecule has 0 bridgehead atoms. The number of hydrogen-bond acceptors (Lipinski definition) is 4. The molecule has 0 saturated heterocycles. The van der Waals surface area contributed by atoms with Gasteiger partial charge in [0.25, 0.3) is 0 Å². The fourth-order valence-electron chi connectivity index (χ4n) is 2.80. The zero-order chi connectivity index (χ0) is 19.1. The first-order valence-electron chi connectivity index (χ1n) is 8.44. The number of carbonyl (C=O) groups is 2. The summed E-state index contributed by atoms with van der Waals surface area (Å²) in [6.45, 7) is 0. The van der Waals surface area contributed by atoms with E-state index in [-0.39, 0.29) is 24.3 Å². The largest absolute Gasteiger partial charge is 0.507 e.